The van der Waals surface area contributed by atoms with Gasteiger partial charge in [0.05, 0.1) is 0 Å². The van der Waals surface area contributed by atoms with Gasteiger partial charge in [-0.15, -0.1) is 11.3 Å². The first-order chi connectivity index (χ1) is 12.9. The topological polar surface area (TPSA) is 67.2 Å². The van der Waals surface area contributed by atoms with E-state index in [9.17, 15) is 13.6 Å². The predicted molar refractivity (Wildman–Crippen MR) is 100 cm³/mol. The van der Waals surface area contributed by atoms with Gasteiger partial charge in [-0.25, -0.2) is 13.8 Å². The fraction of sp³-hybridized carbons (Fsp3) is 0.368. The maximum Gasteiger partial charge on any atom is 0.268 e. The number of piperidine rings is 1. The van der Waals surface area contributed by atoms with Crippen molar-refractivity contribution >= 4 is 34.0 Å². The molecule has 2 unspecified atom stereocenters. The maximum atomic E-state index is 14.4. The van der Waals surface area contributed by atoms with Crippen molar-refractivity contribution in [2.45, 2.75) is 38.6 Å². The third kappa shape index (κ3) is 3.59. The summed E-state index contributed by atoms with van der Waals surface area (Å²) in [5, 5.41) is 5.92. The van der Waals surface area contributed by atoms with Crippen LogP contribution in [0.1, 0.15) is 46.1 Å². The number of carbonyl (C=O) groups is 1. The van der Waals surface area contributed by atoms with Gasteiger partial charge in [-0.3, -0.25) is 4.79 Å². The first-order valence-corrected chi connectivity index (χ1v) is 9.63. The summed E-state index contributed by atoms with van der Waals surface area (Å²) >= 11 is 1.16. The Kier molecular flexibility index (Phi) is 4.69. The Morgan fingerprint density at radius 3 is 2.93 bits per heavy atom. The second-order valence-electron chi connectivity index (χ2n) is 6.89. The lowest BCUT2D eigenvalue weighted by molar-refractivity contribution is 0.102. The minimum Gasteiger partial charge on any atom is -0.441 e. The average molecular weight is 391 g/mol. The Balaban J connectivity index is 1.56. The quantitative estimate of drug-likeness (QED) is 0.686. The van der Waals surface area contributed by atoms with E-state index < -0.39 is 17.5 Å². The minimum atomic E-state index is -0.601. The van der Waals surface area contributed by atoms with Crippen molar-refractivity contribution in [3.05, 3.63) is 45.5 Å². The van der Waals surface area contributed by atoms with Crippen molar-refractivity contribution < 1.29 is 18.0 Å². The Morgan fingerprint density at radius 1 is 1.33 bits per heavy atom. The molecule has 0 radical (unpaired) electrons. The summed E-state index contributed by atoms with van der Waals surface area (Å²) in [6, 6.07) is 4.46. The van der Waals surface area contributed by atoms with Crippen molar-refractivity contribution in [2.75, 3.05) is 11.9 Å². The standard InChI is InChI=1S/C19H19F2N3O2S/c1-9-5-11(3-4-22-9)16-8-14(21)18(27-16)19(25)24-12-6-13(20)17-15(7-12)26-10(2)23-17/h6-9,11,22H,3-5H2,1-2H3,(H,24,25). The summed E-state index contributed by atoms with van der Waals surface area (Å²) in [6.07, 6.45) is 1.83. The van der Waals surface area contributed by atoms with Crippen molar-refractivity contribution in [1.29, 1.82) is 0 Å². The van der Waals surface area contributed by atoms with Crippen LogP contribution in [0.15, 0.2) is 22.6 Å². The molecule has 1 aromatic carbocycles. The number of fused-ring (bicyclic) bond motifs is 1. The number of halogens is 2. The van der Waals surface area contributed by atoms with E-state index in [4.69, 9.17) is 4.42 Å². The Hall–Kier alpha value is -2.32. The second kappa shape index (κ2) is 7.01. The lowest BCUT2D eigenvalue weighted by Gasteiger charge is -2.27. The SMILES string of the molecule is Cc1nc2c(F)cc(NC(=O)c3sc(C4CCNC(C)C4)cc3F)cc2o1. The zero-order valence-corrected chi connectivity index (χ0v) is 15.8. The van der Waals surface area contributed by atoms with Crippen molar-refractivity contribution in [2.24, 2.45) is 0 Å². The predicted octanol–water partition coefficient (Wildman–Crippen LogP) is 4.58. The molecule has 1 saturated heterocycles. The van der Waals surface area contributed by atoms with Crippen LogP contribution in [0.25, 0.3) is 11.1 Å². The van der Waals surface area contributed by atoms with Gasteiger partial charge in [0.2, 0.25) is 0 Å². The van der Waals surface area contributed by atoms with Crippen LogP contribution >= 0.6 is 11.3 Å². The molecule has 1 aliphatic heterocycles. The lowest BCUT2D eigenvalue weighted by atomic mass is 9.92. The van der Waals surface area contributed by atoms with Crippen LogP contribution in [-0.2, 0) is 0 Å². The van der Waals surface area contributed by atoms with Gasteiger partial charge in [-0.1, -0.05) is 0 Å². The number of oxazole rings is 1. The molecule has 0 spiro atoms. The molecule has 2 atom stereocenters. The number of anilines is 1. The molecule has 4 rings (SSSR count). The summed E-state index contributed by atoms with van der Waals surface area (Å²) < 4.78 is 33.8. The number of benzene rings is 1. The van der Waals surface area contributed by atoms with E-state index in [-0.39, 0.29) is 27.6 Å². The van der Waals surface area contributed by atoms with E-state index in [0.717, 1.165) is 41.7 Å². The van der Waals surface area contributed by atoms with Gasteiger partial charge in [0, 0.05) is 29.6 Å². The minimum absolute atomic E-state index is 0.00504. The number of carbonyl (C=O) groups excluding carboxylic acids is 1. The molecule has 1 fully saturated rings. The summed E-state index contributed by atoms with van der Waals surface area (Å²) in [4.78, 5) is 17.4. The highest BCUT2D eigenvalue weighted by Crippen LogP contribution is 2.35. The van der Waals surface area contributed by atoms with E-state index in [2.05, 4.69) is 22.5 Å². The summed E-state index contributed by atoms with van der Waals surface area (Å²) in [7, 11) is 0. The molecular formula is C19H19F2N3O2S. The molecule has 1 aliphatic rings. The highest BCUT2D eigenvalue weighted by atomic mass is 32.1. The highest BCUT2D eigenvalue weighted by molar-refractivity contribution is 7.14. The van der Waals surface area contributed by atoms with Gasteiger partial charge in [0.25, 0.3) is 5.91 Å². The van der Waals surface area contributed by atoms with E-state index in [0.29, 0.717) is 11.9 Å². The fourth-order valence-electron chi connectivity index (χ4n) is 3.49. The number of aromatic nitrogens is 1. The number of thiophene rings is 1. The maximum absolute atomic E-state index is 14.4. The Morgan fingerprint density at radius 2 is 2.15 bits per heavy atom. The number of aryl methyl sites for hydroxylation is 1. The van der Waals surface area contributed by atoms with E-state index in [1.54, 1.807) is 6.92 Å². The normalized spacial score (nSPS) is 20.1. The molecule has 0 bridgehead atoms. The molecule has 1 amide bonds. The number of hydrogen-bond acceptors (Lipinski definition) is 5. The average Bonchev–Trinajstić information content (AvgIpc) is 3.17. The van der Waals surface area contributed by atoms with Crippen LogP contribution < -0.4 is 10.6 Å². The summed E-state index contributed by atoms with van der Waals surface area (Å²) in [6.45, 7) is 4.59. The van der Waals surface area contributed by atoms with Crippen molar-refractivity contribution in [3.63, 3.8) is 0 Å². The number of nitrogens with one attached hydrogen (secondary N) is 2. The smallest absolute Gasteiger partial charge is 0.268 e. The van der Waals surface area contributed by atoms with Gasteiger partial charge in [0.1, 0.15) is 16.2 Å². The fourth-order valence-corrected chi connectivity index (χ4v) is 4.57. The molecule has 3 heterocycles. The molecule has 0 saturated carbocycles. The highest BCUT2D eigenvalue weighted by Gasteiger charge is 2.25. The monoisotopic (exact) mass is 391 g/mol. The first-order valence-electron chi connectivity index (χ1n) is 8.81. The zero-order chi connectivity index (χ0) is 19.1. The summed E-state index contributed by atoms with van der Waals surface area (Å²) in [5.41, 5.74) is 0.542. The second-order valence-corrected chi connectivity index (χ2v) is 7.98. The van der Waals surface area contributed by atoms with Crippen molar-refractivity contribution in [3.8, 4) is 0 Å². The molecule has 3 aromatic rings. The van der Waals surface area contributed by atoms with E-state index >= 15 is 0 Å². The third-order valence-electron chi connectivity index (χ3n) is 4.75. The third-order valence-corrected chi connectivity index (χ3v) is 6.02. The van der Waals surface area contributed by atoms with Crippen LogP contribution in [-0.4, -0.2) is 23.5 Å². The molecule has 5 nitrogen and oxygen atoms in total. The lowest BCUT2D eigenvalue weighted by Crippen LogP contribution is -2.34. The van der Waals surface area contributed by atoms with Gasteiger partial charge in [0.15, 0.2) is 17.3 Å². The molecule has 142 valence electrons. The molecule has 8 heteroatoms. The number of hydrogen-bond donors (Lipinski definition) is 2. The van der Waals surface area contributed by atoms with Crippen LogP contribution in [0, 0.1) is 18.6 Å². The molecule has 0 aliphatic carbocycles. The van der Waals surface area contributed by atoms with Gasteiger partial charge < -0.3 is 15.1 Å². The number of nitrogens with zero attached hydrogens (tertiary/aromatic N) is 1. The largest absolute Gasteiger partial charge is 0.441 e. The van der Waals surface area contributed by atoms with Crippen LogP contribution in [0.2, 0.25) is 0 Å². The van der Waals surface area contributed by atoms with Crippen molar-refractivity contribution in [1.82, 2.24) is 10.3 Å². The Bertz CT molecular complexity index is 1010. The number of amides is 1. The first kappa shape index (κ1) is 18.1. The van der Waals surface area contributed by atoms with Gasteiger partial charge >= 0.3 is 0 Å². The number of rotatable bonds is 3. The summed E-state index contributed by atoms with van der Waals surface area (Å²) in [5.74, 6) is -1.17. The van der Waals surface area contributed by atoms with Crippen LogP contribution in [0.5, 0.6) is 0 Å². The van der Waals surface area contributed by atoms with Gasteiger partial charge in [-0.2, -0.15) is 0 Å². The van der Waals surface area contributed by atoms with E-state index in [1.165, 1.54) is 12.1 Å². The van der Waals surface area contributed by atoms with Crippen LogP contribution in [0.3, 0.4) is 0 Å². The van der Waals surface area contributed by atoms with Crippen LogP contribution in [0.4, 0.5) is 14.5 Å². The zero-order valence-electron chi connectivity index (χ0n) is 14.9. The Labute approximate surface area is 158 Å². The van der Waals surface area contributed by atoms with Gasteiger partial charge in [-0.05, 0) is 44.4 Å². The molecular weight excluding hydrogens is 372 g/mol. The molecule has 27 heavy (non-hydrogen) atoms. The molecule has 2 aromatic heterocycles. The molecule has 2 N–H and O–H groups in total. The van der Waals surface area contributed by atoms with E-state index in [1.807, 2.05) is 0 Å².